The molecule has 2 heterocycles. The van der Waals surface area contributed by atoms with Crippen LogP contribution in [0, 0.1) is 3.57 Å². The Hall–Kier alpha value is -2.10. The number of fused-ring (bicyclic) bond motifs is 1. The average molecular weight is 581 g/mol. The van der Waals surface area contributed by atoms with Gasteiger partial charge in [-0.3, -0.25) is 9.59 Å². The Balaban J connectivity index is 1.65. The summed E-state index contributed by atoms with van der Waals surface area (Å²) in [4.78, 5) is 25.1. The molecule has 1 aliphatic heterocycles. The van der Waals surface area contributed by atoms with Crippen LogP contribution in [0.1, 0.15) is 53.7 Å². The molecule has 3 aromatic rings. The van der Waals surface area contributed by atoms with Gasteiger partial charge in [0.2, 0.25) is 0 Å². The summed E-state index contributed by atoms with van der Waals surface area (Å²) in [5.74, 6) is -1.55. The smallest absolute Gasteiger partial charge is 0.310 e. The number of aromatic nitrogens is 1. The molecule has 1 fully saturated rings. The first kappa shape index (κ1) is 24.0. The van der Waals surface area contributed by atoms with Crippen LogP contribution in [-0.4, -0.2) is 34.8 Å². The molecule has 4 rings (SSSR count). The summed E-state index contributed by atoms with van der Waals surface area (Å²) in [6, 6.07) is 13.3. The van der Waals surface area contributed by atoms with Crippen LogP contribution in [0.4, 0.5) is 0 Å². The first-order chi connectivity index (χ1) is 15.8. The minimum atomic E-state index is -0.819. The predicted octanol–water partition coefficient (Wildman–Crippen LogP) is 5.45. The van der Waals surface area contributed by atoms with E-state index >= 15 is 0 Å². The molecule has 0 aliphatic carbocycles. The molecule has 0 bridgehead atoms. The van der Waals surface area contributed by atoms with Crippen LogP contribution < -0.4 is 5.32 Å². The van der Waals surface area contributed by atoms with E-state index in [1.54, 1.807) is 0 Å². The van der Waals surface area contributed by atoms with Crippen molar-refractivity contribution in [1.29, 1.82) is 0 Å². The highest BCUT2D eigenvalue weighted by molar-refractivity contribution is 14.1. The van der Waals surface area contributed by atoms with Gasteiger partial charge in [-0.15, -0.1) is 0 Å². The molecule has 1 saturated heterocycles. The van der Waals surface area contributed by atoms with Crippen LogP contribution in [0.2, 0.25) is 5.02 Å². The fourth-order valence-corrected chi connectivity index (χ4v) is 5.25. The molecule has 0 spiro atoms. The Labute approximate surface area is 211 Å². The van der Waals surface area contributed by atoms with Crippen molar-refractivity contribution in [1.82, 2.24) is 9.88 Å². The van der Waals surface area contributed by atoms with Gasteiger partial charge in [0.25, 0.3) is 5.91 Å². The van der Waals surface area contributed by atoms with E-state index in [2.05, 4.69) is 27.9 Å². The number of nitrogens with one attached hydrogen (secondary N) is 1. The van der Waals surface area contributed by atoms with E-state index in [0.29, 0.717) is 36.8 Å². The SMILES string of the molecule is CCCC(C(=O)O)c1ccc(C2(NC(=O)c3cc4c(Cl)c(I)ccc4n3C)CCOC2)cc1. The molecule has 2 atom stereocenters. The second kappa shape index (κ2) is 9.64. The van der Waals surface area contributed by atoms with Crippen LogP contribution in [0.5, 0.6) is 0 Å². The number of carboxylic acids is 1. The molecule has 1 aromatic heterocycles. The summed E-state index contributed by atoms with van der Waals surface area (Å²) in [6.07, 6.45) is 2.01. The van der Waals surface area contributed by atoms with Crippen molar-refractivity contribution >= 4 is 57.0 Å². The van der Waals surface area contributed by atoms with Crippen molar-refractivity contribution in [3.63, 3.8) is 0 Å². The van der Waals surface area contributed by atoms with Crippen LogP contribution in [0.15, 0.2) is 42.5 Å². The maximum absolute atomic E-state index is 13.4. The molecule has 2 N–H and O–H groups in total. The number of carbonyl (C=O) groups excluding carboxylic acids is 1. The molecular weight excluding hydrogens is 555 g/mol. The van der Waals surface area contributed by atoms with E-state index in [1.807, 2.05) is 61.0 Å². The van der Waals surface area contributed by atoms with E-state index < -0.39 is 17.4 Å². The first-order valence-corrected chi connectivity index (χ1v) is 12.4. The van der Waals surface area contributed by atoms with Gasteiger partial charge in [0.15, 0.2) is 0 Å². The number of carbonyl (C=O) groups is 2. The van der Waals surface area contributed by atoms with Crippen molar-refractivity contribution in [3.05, 3.63) is 67.9 Å². The van der Waals surface area contributed by atoms with E-state index in [-0.39, 0.29) is 5.91 Å². The highest BCUT2D eigenvalue weighted by Crippen LogP contribution is 2.34. The number of amides is 1. The molecule has 174 valence electrons. The minimum absolute atomic E-state index is 0.205. The molecule has 33 heavy (non-hydrogen) atoms. The lowest BCUT2D eigenvalue weighted by Crippen LogP contribution is -2.47. The van der Waals surface area contributed by atoms with Crippen LogP contribution in [0.25, 0.3) is 10.9 Å². The number of aryl methyl sites for hydroxylation is 1. The number of carboxylic acid groups (broad SMARTS) is 1. The number of ether oxygens (including phenoxy) is 1. The van der Waals surface area contributed by atoms with Crippen molar-refractivity contribution in [2.45, 2.75) is 37.6 Å². The third kappa shape index (κ3) is 4.50. The van der Waals surface area contributed by atoms with Crippen molar-refractivity contribution in [2.24, 2.45) is 7.05 Å². The number of halogens is 2. The molecule has 2 unspecified atom stereocenters. The first-order valence-electron chi connectivity index (χ1n) is 10.9. The van der Waals surface area contributed by atoms with Gasteiger partial charge in [0, 0.05) is 34.5 Å². The fraction of sp³-hybridized carbons (Fsp3) is 0.360. The topological polar surface area (TPSA) is 80.6 Å². The number of hydrogen-bond donors (Lipinski definition) is 2. The number of rotatable bonds is 7. The lowest BCUT2D eigenvalue weighted by Gasteiger charge is -2.30. The molecule has 6 nitrogen and oxygen atoms in total. The quantitative estimate of drug-likeness (QED) is 0.364. The molecule has 2 aromatic carbocycles. The standard InChI is InChI=1S/C25H26ClIN2O4/c1-3-4-17(24(31)32)15-5-7-16(8-6-15)25(11-12-33-14-25)28-23(30)21-13-18-20(29(21)2)10-9-19(27)22(18)26/h5-10,13,17H,3-4,11-12,14H2,1-2H3,(H,28,30)(H,31,32). The van der Waals surface area contributed by atoms with Crippen molar-refractivity contribution in [3.8, 4) is 0 Å². The van der Waals surface area contributed by atoms with Crippen molar-refractivity contribution in [2.75, 3.05) is 13.2 Å². The van der Waals surface area contributed by atoms with Gasteiger partial charge < -0.3 is 19.7 Å². The molecule has 8 heteroatoms. The second-order valence-corrected chi connectivity index (χ2v) is 10.1. The monoisotopic (exact) mass is 580 g/mol. The van der Waals surface area contributed by atoms with Crippen LogP contribution in [0.3, 0.4) is 0 Å². The van der Waals surface area contributed by atoms with Crippen LogP contribution in [-0.2, 0) is 22.1 Å². The summed E-state index contributed by atoms with van der Waals surface area (Å²) >= 11 is 8.66. The Bertz CT molecular complexity index is 1200. The number of hydrogen-bond acceptors (Lipinski definition) is 3. The number of aliphatic carboxylic acids is 1. The predicted molar refractivity (Wildman–Crippen MR) is 137 cm³/mol. The summed E-state index contributed by atoms with van der Waals surface area (Å²) in [5, 5.41) is 14.3. The lowest BCUT2D eigenvalue weighted by atomic mass is 9.86. The maximum atomic E-state index is 13.4. The molecule has 1 amide bonds. The third-order valence-electron chi connectivity index (χ3n) is 6.46. The second-order valence-electron chi connectivity index (χ2n) is 8.52. The van der Waals surface area contributed by atoms with Gasteiger partial charge in [0.05, 0.1) is 23.1 Å². The van der Waals surface area contributed by atoms with Gasteiger partial charge in [-0.25, -0.2) is 0 Å². The maximum Gasteiger partial charge on any atom is 0.310 e. The van der Waals surface area contributed by atoms with E-state index in [1.165, 1.54) is 0 Å². The highest BCUT2D eigenvalue weighted by Gasteiger charge is 2.39. The number of benzene rings is 2. The van der Waals surface area contributed by atoms with Gasteiger partial charge in [-0.2, -0.15) is 0 Å². The zero-order valence-corrected chi connectivity index (χ0v) is 21.4. The summed E-state index contributed by atoms with van der Waals surface area (Å²) in [5.41, 5.74) is 2.41. The van der Waals surface area contributed by atoms with Crippen LogP contribution >= 0.6 is 34.2 Å². The van der Waals surface area contributed by atoms with E-state index in [9.17, 15) is 14.7 Å². The largest absolute Gasteiger partial charge is 0.481 e. The molecule has 1 aliphatic rings. The van der Waals surface area contributed by atoms with E-state index in [4.69, 9.17) is 16.3 Å². The molecule has 0 radical (unpaired) electrons. The third-order valence-corrected chi connectivity index (χ3v) is 8.09. The minimum Gasteiger partial charge on any atom is -0.481 e. The lowest BCUT2D eigenvalue weighted by molar-refractivity contribution is -0.139. The average Bonchev–Trinajstić information content (AvgIpc) is 3.40. The Morgan fingerprint density at radius 3 is 2.61 bits per heavy atom. The van der Waals surface area contributed by atoms with Crippen molar-refractivity contribution < 1.29 is 19.4 Å². The Kier molecular flexibility index (Phi) is 7.02. The normalized spacial score (nSPS) is 19.0. The van der Waals surface area contributed by atoms with Gasteiger partial charge >= 0.3 is 5.97 Å². The van der Waals surface area contributed by atoms with Gasteiger partial charge in [-0.05, 0) is 58.3 Å². The number of nitrogens with zero attached hydrogens (tertiary/aromatic N) is 1. The summed E-state index contributed by atoms with van der Waals surface area (Å²) in [6.45, 7) is 2.87. The summed E-state index contributed by atoms with van der Waals surface area (Å²) in [7, 11) is 1.85. The Morgan fingerprint density at radius 2 is 2.00 bits per heavy atom. The summed E-state index contributed by atoms with van der Waals surface area (Å²) < 4.78 is 8.47. The Morgan fingerprint density at radius 1 is 1.27 bits per heavy atom. The van der Waals surface area contributed by atoms with Gasteiger partial charge in [-0.1, -0.05) is 49.2 Å². The van der Waals surface area contributed by atoms with E-state index in [0.717, 1.165) is 32.0 Å². The molecule has 0 saturated carbocycles. The highest BCUT2D eigenvalue weighted by atomic mass is 127. The van der Waals surface area contributed by atoms with Gasteiger partial charge in [0.1, 0.15) is 5.69 Å². The fourth-order valence-electron chi connectivity index (χ4n) is 4.57. The zero-order valence-electron chi connectivity index (χ0n) is 18.5. The zero-order chi connectivity index (χ0) is 23.8. The molecular formula is C25H26ClIN2O4.